The number of benzene rings is 1. The van der Waals surface area contributed by atoms with E-state index in [1.54, 1.807) is 37.7 Å². The van der Waals surface area contributed by atoms with Gasteiger partial charge in [0.15, 0.2) is 5.82 Å². The molecule has 10 heteroatoms. The van der Waals surface area contributed by atoms with Gasteiger partial charge in [0.1, 0.15) is 11.3 Å². The second-order valence-corrected chi connectivity index (χ2v) is 7.94. The molecule has 1 amide bonds. The minimum atomic E-state index is -0.468. The normalized spacial score (nSPS) is 14.4. The quantitative estimate of drug-likeness (QED) is 0.455. The van der Waals surface area contributed by atoms with Crippen LogP contribution in [0, 0.1) is 0 Å². The fraction of sp³-hybridized carbons (Fsp3) is 0.217. The van der Waals surface area contributed by atoms with E-state index in [1.165, 1.54) is 0 Å². The van der Waals surface area contributed by atoms with E-state index in [2.05, 4.69) is 25.2 Å². The summed E-state index contributed by atoms with van der Waals surface area (Å²) >= 11 is 0. The van der Waals surface area contributed by atoms with Gasteiger partial charge in [-0.1, -0.05) is 0 Å². The Bertz CT molecular complexity index is 1290. The zero-order valence-corrected chi connectivity index (χ0v) is 18.2. The number of carbonyl (C=O) groups is 1. The molecule has 0 unspecified atom stereocenters. The number of carbonyl (C=O) groups excluding carboxylic acids is 1. The van der Waals surface area contributed by atoms with Crippen LogP contribution in [0.4, 0.5) is 11.4 Å². The van der Waals surface area contributed by atoms with E-state index in [0.29, 0.717) is 11.5 Å². The molecule has 0 bridgehead atoms. The summed E-state index contributed by atoms with van der Waals surface area (Å²) in [4.78, 5) is 30.2. The zero-order chi connectivity index (χ0) is 22.8. The second-order valence-electron chi connectivity index (χ2n) is 7.94. The van der Waals surface area contributed by atoms with Crippen LogP contribution in [0.1, 0.15) is 10.5 Å². The van der Waals surface area contributed by atoms with E-state index in [9.17, 15) is 9.82 Å². The summed E-state index contributed by atoms with van der Waals surface area (Å²) in [5.41, 5.74) is 3.36. The number of hydrogen-bond donors (Lipinski definition) is 2. The summed E-state index contributed by atoms with van der Waals surface area (Å²) in [6.07, 6.45) is 6.56. The van der Waals surface area contributed by atoms with E-state index >= 15 is 0 Å². The highest BCUT2D eigenvalue weighted by Crippen LogP contribution is 2.27. The molecule has 2 N–H and O–H groups in total. The Morgan fingerprint density at radius 3 is 2.79 bits per heavy atom. The maximum atomic E-state index is 13.0. The second kappa shape index (κ2) is 9.01. The molecule has 1 aliphatic rings. The Labute approximate surface area is 191 Å². The van der Waals surface area contributed by atoms with Crippen molar-refractivity contribution in [2.24, 2.45) is 0 Å². The Kier molecular flexibility index (Phi) is 5.76. The van der Waals surface area contributed by atoms with E-state index in [0.717, 1.165) is 48.4 Å². The van der Waals surface area contributed by atoms with Crippen molar-refractivity contribution in [3.63, 3.8) is 0 Å². The number of furan rings is 1. The van der Waals surface area contributed by atoms with E-state index in [1.807, 2.05) is 35.1 Å². The first-order valence-electron chi connectivity index (χ1n) is 10.8. The Hall–Kier alpha value is -3.76. The van der Waals surface area contributed by atoms with Crippen LogP contribution in [0.3, 0.4) is 0 Å². The summed E-state index contributed by atoms with van der Waals surface area (Å²) in [6.45, 7) is 4.74. The molecule has 4 aromatic rings. The van der Waals surface area contributed by atoms with Crippen LogP contribution in [0.15, 0.2) is 65.7 Å². The molecule has 1 fully saturated rings. The minimum absolute atomic E-state index is 0.265. The van der Waals surface area contributed by atoms with Crippen LogP contribution in [-0.2, 0) is 0 Å². The summed E-state index contributed by atoms with van der Waals surface area (Å²) < 4.78 is 5.39. The van der Waals surface area contributed by atoms with Gasteiger partial charge >= 0.3 is 7.05 Å². The predicted octanol–water partition coefficient (Wildman–Crippen LogP) is 2.77. The molecule has 0 spiro atoms. The number of amides is 1. The van der Waals surface area contributed by atoms with Crippen molar-refractivity contribution < 1.29 is 14.2 Å². The highest BCUT2D eigenvalue weighted by molar-refractivity contribution is 6.45. The van der Waals surface area contributed by atoms with Gasteiger partial charge in [0.2, 0.25) is 0 Å². The third kappa shape index (κ3) is 4.43. The molecule has 0 saturated carbocycles. The summed E-state index contributed by atoms with van der Waals surface area (Å²) in [6, 6.07) is 11.0. The van der Waals surface area contributed by atoms with E-state index in [-0.39, 0.29) is 11.6 Å². The van der Waals surface area contributed by atoms with Crippen molar-refractivity contribution in [3.8, 4) is 11.4 Å². The van der Waals surface area contributed by atoms with E-state index < -0.39 is 7.05 Å². The van der Waals surface area contributed by atoms with Crippen molar-refractivity contribution >= 4 is 35.3 Å². The first-order chi connectivity index (χ1) is 16.1. The molecule has 166 valence electrons. The summed E-state index contributed by atoms with van der Waals surface area (Å²) in [5, 5.41) is 13.7. The number of anilines is 2. The van der Waals surface area contributed by atoms with Gasteiger partial charge in [-0.2, -0.15) is 0 Å². The topological polar surface area (TPSA) is 108 Å². The average molecular weight is 442 g/mol. The predicted molar refractivity (Wildman–Crippen MR) is 127 cm³/mol. The molecule has 0 aliphatic carbocycles. The van der Waals surface area contributed by atoms with E-state index in [4.69, 9.17) is 4.42 Å². The molecule has 4 heterocycles. The first-order valence-corrected chi connectivity index (χ1v) is 10.8. The highest BCUT2D eigenvalue weighted by Gasteiger charge is 2.24. The van der Waals surface area contributed by atoms with Gasteiger partial charge in [0.05, 0.1) is 23.8 Å². The molecule has 1 aliphatic heterocycles. The Morgan fingerprint density at radius 2 is 1.97 bits per heavy atom. The number of rotatable bonds is 5. The number of nitrogens with one attached hydrogen (secondary N) is 1. The van der Waals surface area contributed by atoms with Gasteiger partial charge in [-0.15, -0.1) is 0 Å². The number of aromatic nitrogens is 3. The minimum Gasteiger partial charge on any atom is -0.464 e. The molecule has 1 aromatic carbocycles. The molecular weight excluding hydrogens is 419 g/mol. The fourth-order valence-corrected chi connectivity index (χ4v) is 4.01. The zero-order valence-electron chi connectivity index (χ0n) is 18.2. The van der Waals surface area contributed by atoms with Crippen LogP contribution in [0.25, 0.3) is 22.4 Å². The Morgan fingerprint density at radius 1 is 1.12 bits per heavy atom. The molecule has 0 atom stereocenters. The maximum absolute atomic E-state index is 13.0. The number of pyridine rings is 1. The monoisotopic (exact) mass is 442 g/mol. The standard InChI is InChI=1S/C23H23BN6O3/c1-24(32)30-11-9-29(10-12-30)20-5-7-25-15-19(20)28-23(31)18-4-8-26-22(27-18)17-2-3-21-16(14-17)6-13-33-21/h2-8,13-15,32H,9-12H2,1H3,(H,28,31). The summed E-state index contributed by atoms with van der Waals surface area (Å²) in [7, 11) is -0.468. The highest BCUT2D eigenvalue weighted by atomic mass is 16.3. The van der Waals surface area contributed by atoms with Crippen molar-refractivity contribution in [3.05, 3.63) is 66.9 Å². The number of hydrogen-bond acceptors (Lipinski definition) is 8. The fourth-order valence-electron chi connectivity index (χ4n) is 4.01. The van der Waals surface area contributed by atoms with Gasteiger partial charge in [-0.25, -0.2) is 9.97 Å². The van der Waals surface area contributed by atoms with Gasteiger partial charge in [0.25, 0.3) is 5.91 Å². The molecular formula is C23H23BN6O3. The third-order valence-corrected chi connectivity index (χ3v) is 5.83. The summed E-state index contributed by atoms with van der Waals surface area (Å²) in [5.74, 6) is 0.131. The lowest BCUT2D eigenvalue weighted by Crippen LogP contribution is -2.51. The molecule has 5 rings (SSSR count). The molecule has 3 aromatic heterocycles. The largest absolute Gasteiger partial charge is 0.464 e. The number of fused-ring (bicyclic) bond motifs is 1. The number of piperazine rings is 1. The average Bonchev–Trinajstić information content (AvgIpc) is 3.32. The van der Waals surface area contributed by atoms with Crippen LogP contribution < -0.4 is 10.2 Å². The van der Waals surface area contributed by atoms with Crippen molar-refractivity contribution in [1.29, 1.82) is 0 Å². The van der Waals surface area contributed by atoms with Crippen LogP contribution in [-0.4, -0.2) is 63.9 Å². The molecule has 0 radical (unpaired) electrons. The van der Waals surface area contributed by atoms with Gasteiger partial charge in [-0.3, -0.25) is 9.78 Å². The lowest BCUT2D eigenvalue weighted by atomic mass is 9.84. The smallest absolute Gasteiger partial charge is 0.376 e. The lowest BCUT2D eigenvalue weighted by Gasteiger charge is -2.37. The van der Waals surface area contributed by atoms with Crippen molar-refractivity contribution in [2.75, 3.05) is 36.4 Å². The SMILES string of the molecule is CB(O)N1CCN(c2ccncc2NC(=O)c2ccnc(-c3ccc4occc4c3)n2)CC1. The maximum Gasteiger partial charge on any atom is 0.376 e. The first kappa shape index (κ1) is 21.1. The van der Waals surface area contributed by atoms with Crippen molar-refractivity contribution in [1.82, 2.24) is 19.8 Å². The van der Waals surface area contributed by atoms with Crippen LogP contribution in [0.5, 0.6) is 0 Å². The van der Waals surface area contributed by atoms with Gasteiger partial charge in [0, 0.05) is 49.5 Å². The molecule has 33 heavy (non-hydrogen) atoms. The molecule has 1 saturated heterocycles. The van der Waals surface area contributed by atoms with Crippen molar-refractivity contribution in [2.45, 2.75) is 6.82 Å². The van der Waals surface area contributed by atoms with Crippen LogP contribution in [0.2, 0.25) is 6.82 Å². The van der Waals surface area contributed by atoms with Gasteiger partial charge < -0.3 is 24.5 Å². The Balaban J connectivity index is 1.35. The van der Waals surface area contributed by atoms with Gasteiger partial charge in [-0.05, 0) is 43.2 Å². The number of nitrogens with zero attached hydrogens (tertiary/aromatic N) is 5. The lowest BCUT2D eigenvalue weighted by molar-refractivity contribution is 0.102. The molecule has 9 nitrogen and oxygen atoms in total. The van der Waals surface area contributed by atoms with Crippen LogP contribution >= 0.6 is 0 Å². The third-order valence-electron chi connectivity index (χ3n) is 5.83.